The van der Waals surface area contributed by atoms with Crippen LogP contribution >= 0.6 is 0 Å². The Bertz CT molecular complexity index is 569. The van der Waals surface area contributed by atoms with E-state index in [0.717, 1.165) is 17.7 Å². The quantitative estimate of drug-likeness (QED) is 0.749. The van der Waals surface area contributed by atoms with Crippen molar-refractivity contribution in [1.29, 1.82) is 0 Å². The molecule has 1 saturated heterocycles. The predicted molar refractivity (Wildman–Crippen MR) is 88.1 cm³/mol. The van der Waals surface area contributed by atoms with Gasteiger partial charge in [-0.05, 0) is 37.5 Å². The summed E-state index contributed by atoms with van der Waals surface area (Å²) >= 11 is 0. The Hall–Kier alpha value is -1.80. The van der Waals surface area contributed by atoms with E-state index in [4.69, 9.17) is 0 Å². The van der Waals surface area contributed by atoms with Crippen LogP contribution in [0, 0.1) is 11.8 Å². The van der Waals surface area contributed by atoms with Gasteiger partial charge in [0.25, 0.3) is 5.91 Å². The monoisotopic (exact) mass is 377 g/mol. The summed E-state index contributed by atoms with van der Waals surface area (Å²) in [6.07, 6.45) is -2.01. The fourth-order valence-electron chi connectivity index (χ4n) is 3.56. The van der Waals surface area contributed by atoms with Gasteiger partial charge in [0, 0.05) is 6.54 Å². The first-order valence-corrected chi connectivity index (χ1v) is 8.92. The summed E-state index contributed by atoms with van der Waals surface area (Å²) < 4.78 is 38.3. The van der Waals surface area contributed by atoms with Gasteiger partial charge >= 0.3 is 12.2 Å². The third-order valence-corrected chi connectivity index (χ3v) is 4.98. The van der Waals surface area contributed by atoms with E-state index >= 15 is 0 Å². The van der Waals surface area contributed by atoms with E-state index in [-0.39, 0.29) is 12.5 Å². The number of hydrogen-bond acceptors (Lipinski definition) is 3. The fourth-order valence-corrected chi connectivity index (χ4v) is 3.56. The van der Waals surface area contributed by atoms with Gasteiger partial charge in [-0.15, -0.1) is 0 Å². The Morgan fingerprint density at radius 1 is 1.31 bits per heavy atom. The van der Waals surface area contributed by atoms with Crippen molar-refractivity contribution >= 4 is 17.8 Å². The topological polar surface area (TPSA) is 69.7 Å². The van der Waals surface area contributed by atoms with Crippen molar-refractivity contribution < 1.29 is 27.6 Å². The fraction of sp³-hybridized carbons (Fsp3) is 0.824. The summed E-state index contributed by atoms with van der Waals surface area (Å²) in [5.41, 5.74) is -1.00. The van der Waals surface area contributed by atoms with Crippen LogP contribution < -0.4 is 5.32 Å². The molecule has 148 valence electrons. The Kier molecular flexibility index (Phi) is 5.87. The van der Waals surface area contributed by atoms with E-state index in [2.05, 4.69) is 12.2 Å². The molecule has 2 rings (SSSR count). The van der Waals surface area contributed by atoms with E-state index in [9.17, 15) is 27.6 Å². The first-order chi connectivity index (χ1) is 11.9. The van der Waals surface area contributed by atoms with Gasteiger partial charge in [0.05, 0.1) is 0 Å². The zero-order chi connectivity index (χ0) is 19.7. The van der Waals surface area contributed by atoms with Crippen LogP contribution in [-0.4, -0.2) is 59.0 Å². The van der Waals surface area contributed by atoms with Crippen LogP contribution in [0.5, 0.6) is 0 Å². The number of halogens is 3. The average Bonchev–Trinajstić information content (AvgIpc) is 2.72. The van der Waals surface area contributed by atoms with Crippen LogP contribution in [0.2, 0.25) is 0 Å². The van der Waals surface area contributed by atoms with Crippen molar-refractivity contribution in [3.8, 4) is 0 Å². The molecule has 0 radical (unpaired) electrons. The predicted octanol–water partition coefficient (Wildman–Crippen LogP) is 2.53. The van der Waals surface area contributed by atoms with E-state index in [0.29, 0.717) is 23.7 Å². The first kappa shape index (κ1) is 20.5. The lowest BCUT2D eigenvalue weighted by Gasteiger charge is -2.33. The molecule has 1 spiro atoms. The molecule has 0 aromatic rings. The molecule has 1 heterocycles. The van der Waals surface area contributed by atoms with Gasteiger partial charge in [-0.25, -0.2) is 4.79 Å². The number of imide groups is 1. The van der Waals surface area contributed by atoms with Crippen LogP contribution in [0.4, 0.5) is 18.0 Å². The third-order valence-electron chi connectivity index (χ3n) is 4.98. The third kappa shape index (κ3) is 4.67. The van der Waals surface area contributed by atoms with Gasteiger partial charge in [-0.2, -0.15) is 13.2 Å². The van der Waals surface area contributed by atoms with Crippen molar-refractivity contribution in [2.75, 3.05) is 19.6 Å². The summed E-state index contributed by atoms with van der Waals surface area (Å²) in [5, 5.41) is 2.67. The molecular weight excluding hydrogens is 351 g/mol. The van der Waals surface area contributed by atoms with Crippen molar-refractivity contribution in [2.24, 2.45) is 11.8 Å². The van der Waals surface area contributed by atoms with Gasteiger partial charge < -0.3 is 10.2 Å². The molecule has 0 atom stereocenters. The maximum absolute atomic E-state index is 12.8. The van der Waals surface area contributed by atoms with Gasteiger partial charge in [-0.1, -0.05) is 20.8 Å². The van der Waals surface area contributed by atoms with Gasteiger partial charge in [-0.3, -0.25) is 14.5 Å². The van der Waals surface area contributed by atoms with Gasteiger partial charge in [0.2, 0.25) is 5.91 Å². The molecule has 6 nitrogen and oxygen atoms in total. The van der Waals surface area contributed by atoms with E-state index in [1.165, 1.54) is 0 Å². The standard InChI is InChI=1S/C17H26F3N3O3/c1-11(2)8-22(10-17(18,19)20)13(24)9-23-14(25)16(21-15(23)26)6-4-12(3)5-7-16/h11-12H,4-10H2,1-3H3,(H,21,26). The number of rotatable bonds is 5. The zero-order valence-electron chi connectivity index (χ0n) is 15.4. The zero-order valence-corrected chi connectivity index (χ0v) is 15.4. The van der Waals surface area contributed by atoms with E-state index in [1.54, 1.807) is 13.8 Å². The normalized spacial score (nSPS) is 26.6. The smallest absolute Gasteiger partial charge is 0.332 e. The van der Waals surface area contributed by atoms with Crippen LogP contribution in [0.1, 0.15) is 46.5 Å². The molecule has 1 aliphatic carbocycles. The van der Waals surface area contributed by atoms with Crippen LogP contribution in [-0.2, 0) is 9.59 Å². The largest absolute Gasteiger partial charge is 0.406 e. The highest BCUT2D eigenvalue weighted by atomic mass is 19.4. The highest BCUT2D eigenvalue weighted by Gasteiger charge is 2.52. The summed E-state index contributed by atoms with van der Waals surface area (Å²) in [6.45, 7) is 3.31. The molecule has 26 heavy (non-hydrogen) atoms. The first-order valence-electron chi connectivity index (χ1n) is 8.92. The van der Waals surface area contributed by atoms with E-state index in [1.807, 2.05) is 0 Å². The number of nitrogens with one attached hydrogen (secondary N) is 1. The lowest BCUT2D eigenvalue weighted by atomic mass is 9.77. The highest BCUT2D eigenvalue weighted by Crippen LogP contribution is 2.36. The summed E-state index contributed by atoms with van der Waals surface area (Å²) in [6, 6.07) is -0.700. The minimum absolute atomic E-state index is 0.0926. The number of urea groups is 1. The SMILES string of the molecule is CC(C)CN(CC(F)(F)F)C(=O)CN1C(=O)NC2(CCC(C)CC2)C1=O. The summed E-state index contributed by atoms with van der Waals surface area (Å²) in [5.74, 6) is -1.09. The van der Waals surface area contributed by atoms with E-state index < -0.39 is 42.7 Å². The van der Waals surface area contributed by atoms with Crippen LogP contribution in [0.25, 0.3) is 0 Å². The Morgan fingerprint density at radius 3 is 2.38 bits per heavy atom. The molecule has 0 unspecified atom stereocenters. The second-order valence-corrected chi connectivity index (χ2v) is 7.87. The Labute approximate surface area is 151 Å². The molecule has 4 amide bonds. The van der Waals surface area contributed by atoms with Crippen molar-refractivity contribution in [1.82, 2.24) is 15.1 Å². The van der Waals surface area contributed by atoms with Crippen LogP contribution in [0.15, 0.2) is 0 Å². The summed E-state index contributed by atoms with van der Waals surface area (Å²) in [4.78, 5) is 38.7. The molecule has 9 heteroatoms. The van der Waals surface area contributed by atoms with Crippen molar-refractivity contribution in [3.05, 3.63) is 0 Å². The number of amides is 4. The molecule has 2 fully saturated rings. The second-order valence-electron chi connectivity index (χ2n) is 7.87. The van der Waals surface area contributed by atoms with Gasteiger partial charge in [0.15, 0.2) is 0 Å². The van der Waals surface area contributed by atoms with Crippen molar-refractivity contribution in [3.63, 3.8) is 0 Å². The minimum atomic E-state index is -4.54. The van der Waals surface area contributed by atoms with Gasteiger partial charge in [0.1, 0.15) is 18.6 Å². The Balaban J connectivity index is 2.09. The minimum Gasteiger partial charge on any atom is -0.332 e. The lowest BCUT2D eigenvalue weighted by molar-refractivity contribution is -0.163. The maximum Gasteiger partial charge on any atom is 0.406 e. The molecular formula is C17H26F3N3O3. The average molecular weight is 377 g/mol. The lowest BCUT2D eigenvalue weighted by Crippen LogP contribution is -2.50. The number of carbonyl (C=O) groups excluding carboxylic acids is 3. The second kappa shape index (κ2) is 7.44. The molecule has 0 aromatic heterocycles. The molecule has 1 aliphatic heterocycles. The number of hydrogen-bond donors (Lipinski definition) is 1. The molecule has 0 aromatic carbocycles. The summed E-state index contributed by atoms with van der Waals surface area (Å²) in [7, 11) is 0. The number of carbonyl (C=O) groups is 3. The van der Waals surface area contributed by atoms with Crippen molar-refractivity contribution in [2.45, 2.75) is 58.2 Å². The maximum atomic E-state index is 12.8. The Morgan fingerprint density at radius 2 is 1.88 bits per heavy atom. The molecule has 2 aliphatic rings. The molecule has 0 bridgehead atoms. The molecule has 1 saturated carbocycles. The number of nitrogens with zero attached hydrogens (tertiary/aromatic N) is 2. The number of alkyl halides is 3. The molecule has 1 N–H and O–H groups in total. The van der Waals surface area contributed by atoms with Crippen LogP contribution in [0.3, 0.4) is 0 Å². The highest BCUT2D eigenvalue weighted by molar-refractivity contribution is 6.09.